The minimum absolute atomic E-state index is 0.00595. The van der Waals surface area contributed by atoms with Crippen LogP contribution in [0.2, 0.25) is 0 Å². The molecule has 1 aromatic heterocycles. The van der Waals surface area contributed by atoms with Gasteiger partial charge in [0.05, 0.1) is 30.6 Å². The predicted molar refractivity (Wildman–Crippen MR) is 226 cm³/mol. The summed E-state index contributed by atoms with van der Waals surface area (Å²) in [7, 11) is 0. The van der Waals surface area contributed by atoms with Gasteiger partial charge in [-0.2, -0.15) is 0 Å². The van der Waals surface area contributed by atoms with Crippen molar-refractivity contribution in [3.63, 3.8) is 0 Å². The number of carbonyl (C=O) groups excluding carboxylic acids is 4. The number of nitrogens with one attached hydrogen (secondary N) is 4. The molecule has 1 unspecified atom stereocenters. The molecule has 0 spiro atoms. The van der Waals surface area contributed by atoms with Crippen LogP contribution in [0.1, 0.15) is 49.1 Å². The number of aromatic nitrogens is 2. The largest absolute Gasteiger partial charge is 0.445 e. The molecule has 59 heavy (non-hydrogen) atoms. The Morgan fingerprint density at radius 2 is 1.41 bits per heavy atom. The first kappa shape index (κ1) is 42.6. The Bertz CT molecular complexity index is 2100. The lowest BCUT2D eigenvalue weighted by Gasteiger charge is -2.36. The van der Waals surface area contributed by atoms with E-state index in [0.29, 0.717) is 25.2 Å². The van der Waals surface area contributed by atoms with Crippen LogP contribution in [0.25, 0.3) is 10.8 Å². The number of aliphatic hydroxyl groups is 1. The van der Waals surface area contributed by atoms with Gasteiger partial charge in [0.25, 0.3) is 0 Å². The highest BCUT2D eigenvalue weighted by atomic mass is 16.5. The maximum absolute atomic E-state index is 14.3. The van der Waals surface area contributed by atoms with E-state index in [1.165, 1.54) is 11.9 Å². The number of imidazole rings is 1. The van der Waals surface area contributed by atoms with Crippen molar-refractivity contribution in [1.82, 2.24) is 35.7 Å². The Morgan fingerprint density at radius 1 is 0.763 bits per heavy atom. The Labute approximate surface area is 345 Å². The number of fused-ring (bicyclic) bond motifs is 1. The van der Waals surface area contributed by atoms with Gasteiger partial charge in [0.15, 0.2) is 0 Å². The number of rotatable bonds is 18. The summed E-state index contributed by atoms with van der Waals surface area (Å²) in [5.74, 6) is -1.26. The van der Waals surface area contributed by atoms with Crippen LogP contribution in [0.4, 0.5) is 4.79 Å². The van der Waals surface area contributed by atoms with Crippen LogP contribution >= 0.6 is 0 Å². The molecule has 5 N–H and O–H groups in total. The highest BCUT2D eigenvalue weighted by Crippen LogP contribution is 2.21. The fourth-order valence-corrected chi connectivity index (χ4v) is 7.45. The summed E-state index contributed by atoms with van der Waals surface area (Å²) in [5, 5.41) is 22.0. The Kier molecular flexibility index (Phi) is 15.2. The van der Waals surface area contributed by atoms with E-state index >= 15 is 0 Å². The lowest BCUT2D eigenvalue weighted by atomic mass is 9.96. The Hall–Kier alpha value is -6.05. The van der Waals surface area contributed by atoms with Gasteiger partial charge in [0.1, 0.15) is 18.7 Å². The maximum Gasteiger partial charge on any atom is 0.408 e. The second kappa shape index (κ2) is 21.1. The summed E-state index contributed by atoms with van der Waals surface area (Å²) in [6, 6.07) is 29.9. The number of H-pyrrole nitrogens is 1. The molecule has 0 radical (unpaired) electrons. The van der Waals surface area contributed by atoms with E-state index in [1.54, 1.807) is 11.1 Å². The number of aliphatic hydroxyl groups excluding tert-OH is 1. The zero-order valence-electron chi connectivity index (χ0n) is 33.8. The summed E-state index contributed by atoms with van der Waals surface area (Å²) in [6.07, 6.45) is 1.54. The molecule has 2 heterocycles. The fraction of sp³-hybridized carbons (Fsp3) is 0.370. The van der Waals surface area contributed by atoms with Crippen LogP contribution in [0.15, 0.2) is 116 Å². The highest BCUT2D eigenvalue weighted by Gasteiger charge is 2.33. The number of carbonyl (C=O) groups is 4. The van der Waals surface area contributed by atoms with Crippen LogP contribution in [0.5, 0.6) is 0 Å². The monoisotopic (exact) mass is 801 g/mol. The summed E-state index contributed by atoms with van der Waals surface area (Å²) in [5.41, 5.74) is 3.35. The van der Waals surface area contributed by atoms with Crippen LogP contribution < -0.4 is 16.0 Å². The van der Waals surface area contributed by atoms with Gasteiger partial charge in [-0.05, 0) is 39.8 Å². The average molecular weight is 802 g/mol. The maximum atomic E-state index is 14.3. The summed E-state index contributed by atoms with van der Waals surface area (Å²) >= 11 is 0. The molecule has 1 saturated heterocycles. The van der Waals surface area contributed by atoms with Crippen molar-refractivity contribution < 1.29 is 29.0 Å². The average Bonchev–Trinajstić information content (AvgIpc) is 3.76. The molecule has 0 bridgehead atoms. The van der Waals surface area contributed by atoms with Gasteiger partial charge in [-0.15, -0.1) is 0 Å². The topological polar surface area (TPSA) is 169 Å². The van der Waals surface area contributed by atoms with Gasteiger partial charge >= 0.3 is 6.09 Å². The van der Waals surface area contributed by atoms with E-state index in [0.717, 1.165) is 41.5 Å². The Balaban J connectivity index is 1.14. The van der Waals surface area contributed by atoms with Gasteiger partial charge in [-0.25, -0.2) is 9.78 Å². The standard InChI is InChI=1S/C46H55N7O6/c1-32(2)24-39(42(54)27-43(55)53-22-20-52(21-23-53)29-33-12-5-3-6-13-33)49-45(57)41(26-37-28-47-31-48-37)50-44(56)40(51-46(58)59-30-34-14-7-4-8-15-34)25-36-18-11-17-35-16-9-10-19-38(35)36/h3-19,28,31-32,39-42,54H,20-27,29-30H2,1-2H3,(H,47,48)(H,49,57)(H,50,56)(H,51,58)/t39-,40+,41?,42-/m0/s1. The minimum Gasteiger partial charge on any atom is -0.445 e. The van der Waals surface area contributed by atoms with Crippen molar-refractivity contribution in [3.05, 3.63) is 138 Å². The molecule has 0 saturated carbocycles. The molecule has 5 aromatic rings. The molecule has 6 rings (SSSR count). The van der Waals surface area contributed by atoms with Gasteiger partial charge < -0.3 is 35.7 Å². The summed E-state index contributed by atoms with van der Waals surface area (Å²) < 4.78 is 5.51. The fourth-order valence-electron chi connectivity index (χ4n) is 7.45. The zero-order valence-corrected chi connectivity index (χ0v) is 33.8. The molecule has 0 aliphatic carbocycles. The minimum atomic E-state index is -1.17. The third kappa shape index (κ3) is 12.7. The lowest BCUT2D eigenvalue weighted by Crippen LogP contribution is -2.57. The molecule has 1 aliphatic rings. The molecule has 1 aliphatic heterocycles. The number of nitrogens with zero attached hydrogens (tertiary/aromatic N) is 3. The third-order valence-electron chi connectivity index (χ3n) is 10.6. The van der Waals surface area contributed by atoms with Crippen molar-refractivity contribution >= 4 is 34.6 Å². The van der Waals surface area contributed by atoms with Crippen LogP contribution in [-0.4, -0.2) is 99.1 Å². The molecule has 1 fully saturated rings. The van der Waals surface area contributed by atoms with E-state index < -0.39 is 42.1 Å². The molecule has 4 aromatic carbocycles. The second-order valence-corrected chi connectivity index (χ2v) is 15.6. The predicted octanol–water partition coefficient (Wildman–Crippen LogP) is 4.75. The third-order valence-corrected chi connectivity index (χ3v) is 10.6. The van der Waals surface area contributed by atoms with Gasteiger partial charge in [0.2, 0.25) is 17.7 Å². The van der Waals surface area contributed by atoms with Crippen molar-refractivity contribution in [1.29, 1.82) is 0 Å². The number of alkyl carbamates (subject to hydrolysis) is 1. The second-order valence-electron chi connectivity index (χ2n) is 15.6. The van der Waals surface area contributed by atoms with Crippen LogP contribution in [-0.2, 0) is 45.1 Å². The number of aromatic amines is 1. The highest BCUT2D eigenvalue weighted by molar-refractivity contribution is 5.93. The molecule has 4 amide bonds. The van der Waals surface area contributed by atoms with Crippen molar-refractivity contribution in [2.24, 2.45) is 5.92 Å². The van der Waals surface area contributed by atoms with Gasteiger partial charge in [-0.3, -0.25) is 19.3 Å². The normalized spacial score (nSPS) is 15.2. The smallest absolute Gasteiger partial charge is 0.408 e. The summed E-state index contributed by atoms with van der Waals surface area (Å²) in [4.78, 5) is 66.5. The number of hydrogen-bond donors (Lipinski definition) is 5. The van der Waals surface area contributed by atoms with Gasteiger partial charge in [0, 0.05) is 51.8 Å². The first-order chi connectivity index (χ1) is 28.6. The van der Waals surface area contributed by atoms with Crippen molar-refractivity contribution in [2.75, 3.05) is 26.2 Å². The van der Waals surface area contributed by atoms with E-state index in [2.05, 4.69) is 43.0 Å². The number of hydrogen-bond acceptors (Lipinski definition) is 8. The lowest BCUT2D eigenvalue weighted by molar-refractivity contribution is -0.136. The van der Waals surface area contributed by atoms with E-state index in [1.807, 2.05) is 105 Å². The van der Waals surface area contributed by atoms with E-state index in [9.17, 15) is 24.3 Å². The van der Waals surface area contributed by atoms with Crippen LogP contribution in [0, 0.1) is 5.92 Å². The molecule has 13 nitrogen and oxygen atoms in total. The first-order valence-corrected chi connectivity index (χ1v) is 20.4. The zero-order chi connectivity index (χ0) is 41.6. The van der Waals surface area contributed by atoms with E-state index in [4.69, 9.17) is 4.74 Å². The van der Waals surface area contributed by atoms with E-state index in [-0.39, 0.29) is 37.7 Å². The number of benzene rings is 4. The summed E-state index contributed by atoms with van der Waals surface area (Å²) in [6.45, 7) is 7.30. The van der Waals surface area contributed by atoms with Crippen molar-refractivity contribution in [2.45, 2.75) is 76.9 Å². The number of amides is 4. The molecule has 13 heteroatoms. The quantitative estimate of drug-likeness (QED) is 0.0846. The Morgan fingerprint density at radius 3 is 2.10 bits per heavy atom. The van der Waals surface area contributed by atoms with Crippen molar-refractivity contribution in [3.8, 4) is 0 Å². The number of ether oxygens (including phenoxy) is 1. The van der Waals surface area contributed by atoms with Gasteiger partial charge in [-0.1, -0.05) is 117 Å². The first-order valence-electron chi connectivity index (χ1n) is 20.4. The molecule has 310 valence electrons. The SMILES string of the molecule is CC(C)C[C@H](NC(=O)C(Cc1c[nH]cn1)NC(=O)[C@@H](Cc1cccc2ccccc12)NC(=O)OCc1ccccc1)[C@@H](O)CC(=O)N1CCN(Cc2ccccc2)CC1. The molecule has 4 atom stereocenters. The number of piperazine rings is 1. The molecular formula is C46H55N7O6. The molecular weight excluding hydrogens is 747 g/mol. The van der Waals surface area contributed by atoms with Crippen LogP contribution in [0.3, 0.4) is 0 Å².